The van der Waals surface area contributed by atoms with Gasteiger partial charge < -0.3 is 9.64 Å². The lowest BCUT2D eigenvalue weighted by molar-refractivity contribution is -0.0421. The molecule has 0 saturated carbocycles. The van der Waals surface area contributed by atoms with Crippen LogP contribution in [0.2, 0.25) is 0 Å². The van der Waals surface area contributed by atoms with E-state index in [-0.39, 0.29) is 12.0 Å². The minimum atomic E-state index is -0.00338. The first-order chi connectivity index (χ1) is 9.65. The zero-order valence-electron chi connectivity index (χ0n) is 11.6. The number of hydrogen-bond acceptors (Lipinski definition) is 5. The van der Waals surface area contributed by atoms with Crippen LogP contribution in [0.25, 0.3) is 5.65 Å². The summed E-state index contributed by atoms with van der Waals surface area (Å²) in [4.78, 5) is 14.4. The lowest BCUT2D eigenvalue weighted by Gasteiger charge is -2.34. The first-order valence-corrected chi connectivity index (χ1v) is 6.74. The van der Waals surface area contributed by atoms with E-state index in [1.165, 1.54) is 4.52 Å². The van der Waals surface area contributed by atoms with Crippen molar-refractivity contribution < 1.29 is 9.53 Å². The molecule has 106 valence electrons. The highest BCUT2D eigenvalue weighted by molar-refractivity contribution is 5.94. The third-order valence-electron chi connectivity index (χ3n) is 3.56. The van der Waals surface area contributed by atoms with Gasteiger partial charge in [-0.2, -0.15) is 4.52 Å². The number of amides is 1. The van der Waals surface area contributed by atoms with Gasteiger partial charge in [0.15, 0.2) is 5.65 Å². The summed E-state index contributed by atoms with van der Waals surface area (Å²) in [6, 6.07) is 3.50. The first kappa shape index (κ1) is 13.0. The van der Waals surface area contributed by atoms with E-state index in [1.54, 1.807) is 18.3 Å². The number of carbonyl (C=O) groups excluding carboxylic acids is 1. The maximum atomic E-state index is 12.5. The number of fused-ring (bicyclic) bond motifs is 1. The zero-order chi connectivity index (χ0) is 14.1. The normalized spacial score (nSPS) is 19.8. The Balaban J connectivity index is 1.80. The van der Waals surface area contributed by atoms with Gasteiger partial charge in [-0.1, -0.05) is 13.8 Å². The van der Waals surface area contributed by atoms with E-state index in [2.05, 4.69) is 29.4 Å². The Morgan fingerprint density at radius 1 is 1.45 bits per heavy atom. The maximum absolute atomic E-state index is 12.5. The number of rotatable bonds is 2. The smallest absolute Gasteiger partial charge is 0.255 e. The highest BCUT2D eigenvalue weighted by Crippen LogP contribution is 2.16. The minimum absolute atomic E-state index is 0.00338. The quantitative estimate of drug-likeness (QED) is 0.803. The molecule has 0 bridgehead atoms. The van der Waals surface area contributed by atoms with Crippen molar-refractivity contribution in [3.63, 3.8) is 0 Å². The number of carbonyl (C=O) groups is 1. The molecule has 1 aliphatic heterocycles. The maximum Gasteiger partial charge on any atom is 0.255 e. The van der Waals surface area contributed by atoms with E-state index in [9.17, 15) is 4.79 Å². The lowest BCUT2D eigenvalue weighted by Crippen LogP contribution is -2.47. The van der Waals surface area contributed by atoms with E-state index in [0.717, 1.165) is 0 Å². The van der Waals surface area contributed by atoms with E-state index in [1.807, 2.05) is 4.90 Å². The van der Waals surface area contributed by atoms with Crippen LogP contribution >= 0.6 is 0 Å². The van der Waals surface area contributed by atoms with E-state index < -0.39 is 0 Å². The minimum Gasteiger partial charge on any atom is -0.374 e. The molecule has 1 fully saturated rings. The Labute approximate surface area is 116 Å². The Kier molecular flexibility index (Phi) is 3.35. The fraction of sp³-hybridized carbons (Fsp3) is 0.538. The summed E-state index contributed by atoms with van der Waals surface area (Å²) in [6.45, 7) is 6.04. The summed E-state index contributed by atoms with van der Waals surface area (Å²) in [5.41, 5.74) is 1.22. The summed E-state index contributed by atoms with van der Waals surface area (Å²) in [7, 11) is 0. The van der Waals surface area contributed by atoms with Crippen molar-refractivity contribution in [1.82, 2.24) is 24.9 Å². The second-order valence-electron chi connectivity index (χ2n) is 5.30. The van der Waals surface area contributed by atoms with Crippen LogP contribution in [0.5, 0.6) is 0 Å². The average molecular weight is 275 g/mol. The molecule has 1 unspecified atom stereocenters. The number of ether oxygens (including phenoxy) is 1. The topological polar surface area (TPSA) is 72.6 Å². The Morgan fingerprint density at radius 2 is 2.30 bits per heavy atom. The molecule has 7 heteroatoms. The molecule has 0 spiro atoms. The van der Waals surface area contributed by atoms with Gasteiger partial charge in [-0.15, -0.1) is 5.10 Å². The molecule has 3 heterocycles. The molecule has 1 amide bonds. The van der Waals surface area contributed by atoms with Crippen LogP contribution in [0.4, 0.5) is 0 Å². The standard InChI is InChI=1S/C13H17N5O2/c1-9(2)11-8-17(5-6-20-11)13(19)10-3-4-12-14-15-16-18(12)7-10/h3-4,7,9,11H,5-6,8H2,1-2H3. The zero-order valence-corrected chi connectivity index (χ0v) is 11.6. The van der Waals surface area contributed by atoms with Crippen LogP contribution in [0.3, 0.4) is 0 Å². The van der Waals surface area contributed by atoms with Crippen molar-refractivity contribution in [3.05, 3.63) is 23.9 Å². The third-order valence-corrected chi connectivity index (χ3v) is 3.56. The SMILES string of the molecule is CC(C)C1CN(C(=O)c2ccc3nnnn3c2)CCO1. The van der Waals surface area contributed by atoms with Gasteiger partial charge in [0, 0.05) is 19.3 Å². The molecule has 1 aliphatic rings. The van der Waals surface area contributed by atoms with E-state index in [0.29, 0.717) is 36.8 Å². The van der Waals surface area contributed by atoms with Crippen LogP contribution < -0.4 is 0 Å². The Bertz CT molecular complexity index is 624. The van der Waals surface area contributed by atoms with Gasteiger partial charge in [0.2, 0.25) is 0 Å². The van der Waals surface area contributed by atoms with Crippen LogP contribution in [0.15, 0.2) is 18.3 Å². The number of hydrogen-bond donors (Lipinski definition) is 0. The number of aromatic nitrogens is 4. The summed E-state index contributed by atoms with van der Waals surface area (Å²) in [5.74, 6) is 0.393. The van der Waals surface area contributed by atoms with Crippen molar-refractivity contribution in [2.75, 3.05) is 19.7 Å². The van der Waals surface area contributed by atoms with E-state index >= 15 is 0 Å². The highest BCUT2D eigenvalue weighted by Gasteiger charge is 2.27. The van der Waals surface area contributed by atoms with Crippen LogP contribution in [0, 0.1) is 5.92 Å². The lowest BCUT2D eigenvalue weighted by atomic mass is 10.1. The Morgan fingerprint density at radius 3 is 3.10 bits per heavy atom. The molecular weight excluding hydrogens is 258 g/mol. The molecule has 3 rings (SSSR count). The summed E-state index contributed by atoms with van der Waals surface area (Å²) in [6.07, 6.45) is 1.77. The molecule has 2 aromatic heterocycles. The van der Waals surface area contributed by atoms with Gasteiger partial charge in [-0.3, -0.25) is 4.79 Å². The van der Waals surface area contributed by atoms with Gasteiger partial charge in [-0.05, 0) is 28.5 Å². The number of pyridine rings is 1. The monoisotopic (exact) mass is 275 g/mol. The van der Waals surface area contributed by atoms with Crippen molar-refractivity contribution in [2.24, 2.45) is 5.92 Å². The molecule has 7 nitrogen and oxygen atoms in total. The number of nitrogens with zero attached hydrogens (tertiary/aromatic N) is 5. The largest absolute Gasteiger partial charge is 0.374 e. The molecule has 0 aromatic carbocycles. The van der Waals surface area contributed by atoms with Gasteiger partial charge in [0.05, 0.1) is 18.3 Å². The second-order valence-corrected chi connectivity index (χ2v) is 5.30. The van der Waals surface area contributed by atoms with Crippen LogP contribution in [-0.4, -0.2) is 56.6 Å². The number of tetrazole rings is 1. The van der Waals surface area contributed by atoms with E-state index in [4.69, 9.17) is 4.74 Å². The first-order valence-electron chi connectivity index (χ1n) is 6.74. The second kappa shape index (κ2) is 5.16. The summed E-state index contributed by atoms with van der Waals surface area (Å²) < 4.78 is 7.19. The fourth-order valence-electron chi connectivity index (χ4n) is 2.31. The molecule has 1 atom stereocenters. The molecule has 20 heavy (non-hydrogen) atoms. The van der Waals surface area contributed by atoms with Gasteiger partial charge in [0.1, 0.15) is 0 Å². The van der Waals surface area contributed by atoms with Gasteiger partial charge >= 0.3 is 0 Å². The molecule has 0 radical (unpaired) electrons. The van der Waals surface area contributed by atoms with Crippen LogP contribution in [-0.2, 0) is 4.74 Å². The van der Waals surface area contributed by atoms with Gasteiger partial charge in [0.25, 0.3) is 5.91 Å². The van der Waals surface area contributed by atoms with Crippen molar-refractivity contribution in [1.29, 1.82) is 0 Å². The van der Waals surface area contributed by atoms with Crippen molar-refractivity contribution in [2.45, 2.75) is 20.0 Å². The third kappa shape index (κ3) is 2.36. The molecule has 0 aliphatic carbocycles. The average Bonchev–Trinajstić information content (AvgIpc) is 2.94. The Hall–Kier alpha value is -2.02. The molecule has 1 saturated heterocycles. The highest BCUT2D eigenvalue weighted by atomic mass is 16.5. The summed E-state index contributed by atoms with van der Waals surface area (Å²) >= 11 is 0. The van der Waals surface area contributed by atoms with Gasteiger partial charge in [-0.25, -0.2) is 0 Å². The molecule has 2 aromatic rings. The van der Waals surface area contributed by atoms with Crippen LogP contribution in [0.1, 0.15) is 24.2 Å². The predicted octanol–water partition coefficient (Wildman–Crippen LogP) is 0.621. The number of morpholine rings is 1. The molecule has 0 N–H and O–H groups in total. The summed E-state index contributed by atoms with van der Waals surface area (Å²) in [5, 5.41) is 11.2. The predicted molar refractivity (Wildman–Crippen MR) is 71.3 cm³/mol. The van der Waals surface area contributed by atoms with Crippen molar-refractivity contribution >= 4 is 11.6 Å². The van der Waals surface area contributed by atoms with Crippen molar-refractivity contribution in [3.8, 4) is 0 Å². The molecular formula is C13H17N5O2. The fourth-order valence-corrected chi connectivity index (χ4v) is 2.31.